The lowest BCUT2D eigenvalue weighted by molar-refractivity contribution is -0.122. The SMILES string of the molecule is COc1ccc(-c2cnc(CCC(=O)NC3CCN(C(=O)c4ccco4)CC3)o2)cc1. The number of nitrogens with one attached hydrogen (secondary N) is 1. The second kappa shape index (κ2) is 9.51. The average Bonchev–Trinajstić information content (AvgIpc) is 3.50. The van der Waals surface area contributed by atoms with Gasteiger partial charge in [-0.25, -0.2) is 4.98 Å². The van der Waals surface area contributed by atoms with Gasteiger partial charge in [-0.1, -0.05) is 0 Å². The van der Waals surface area contributed by atoms with Crippen molar-refractivity contribution in [1.29, 1.82) is 0 Å². The lowest BCUT2D eigenvalue weighted by atomic mass is 10.0. The maximum absolute atomic E-state index is 12.3. The Hall–Kier alpha value is -3.55. The Balaban J connectivity index is 1.21. The molecule has 4 rings (SSSR count). The minimum Gasteiger partial charge on any atom is -0.497 e. The molecule has 2 aromatic heterocycles. The fourth-order valence-electron chi connectivity index (χ4n) is 3.62. The number of piperidine rings is 1. The van der Waals surface area contributed by atoms with Crippen molar-refractivity contribution in [3.05, 3.63) is 60.5 Å². The minimum absolute atomic E-state index is 0.0417. The van der Waals surface area contributed by atoms with E-state index in [1.165, 1.54) is 6.26 Å². The van der Waals surface area contributed by atoms with Gasteiger partial charge in [0.2, 0.25) is 5.91 Å². The minimum atomic E-state index is -0.105. The van der Waals surface area contributed by atoms with Crippen LogP contribution < -0.4 is 10.1 Å². The molecule has 0 radical (unpaired) electrons. The third-order valence-corrected chi connectivity index (χ3v) is 5.37. The number of furan rings is 1. The fraction of sp³-hybridized carbons (Fsp3) is 0.348. The van der Waals surface area contributed by atoms with Gasteiger partial charge in [0.15, 0.2) is 17.4 Å². The second-order valence-corrected chi connectivity index (χ2v) is 7.46. The third kappa shape index (κ3) is 5.14. The van der Waals surface area contributed by atoms with Crippen molar-refractivity contribution in [1.82, 2.24) is 15.2 Å². The van der Waals surface area contributed by atoms with E-state index in [9.17, 15) is 9.59 Å². The first-order valence-corrected chi connectivity index (χ1v) is 10.3. The van der Waals surface area contributed by atoms with Crippen molar-refractivity contribution < 1.29 is 23.2 Å². The highest BCUT2D eigenvalue weighted by Gasteiger charge is 2.25. The van der Waals surface area contributed by atoms with Crippen LogP contribution in [0.2, 0.25) is 0 Å². The second-order valence-electron chi connectivity index (χ2n) is 7.46. The van der Waals surface area contributed by atoms with Gasteiger partial charge in [0.25, 0.3) is 5.91 Å². The smallest absolute Gasteiger partial charge is 0.289 e. The zero-order valence-electron chi connectivity index (χ0n) is 17.4. The van der Waals surface area contributed by atoms with E-state index in [2.05, 4.69) is 10.3 Å². The highest BCUT2D eigenvalue weighted by molar-refractivity contribution is 5.91. The van der Waals surface area contributed by atoms with Crippen molar-refractivity contribution in [3.8, 4) is 17.1 Å². The molecule has 1 aliphatic rings. The number of nitrogens with zero attached hydrogens (tertiary/aromatic N) is 2. The molecule has 3 aromatic rings. The molecule has 0 atom stereocenters. The van der Waals surface area contributed by atoms with Gasteiger partial charge in [-0.05, 0) is 49.2 Å². The Labute approximate surface area is 180 Å². The number of oxazole rings is 1. The Bertz CT molecular complexity index is 1000. The standard InChI is InChI=1S/C23H25N3O5/c1-29-18-6-4-16(5-7-18)20-15-24-22(31-20)9-8-21(27)25-17-10-12-26(13-11-17)23(28)19-3-2-14-30-19/h2-7,14-15,17H,8-13H2,1H3,(H,25,27). The number of benzene rings is 1. The van der Waals surface area contributed by atoms with Crippen LogP contribution in [-0.2, 0) is 11.2 Å². The predicted octanol–water partition coefficient (Wildman–Crippen LogP) is 3.30. The quantitative estimate of drug-likeness (QED) is 0.626. The number of ether oxygens (including phenoxy) is 1. The highest BCUT2D eigenvalue weighted by atomic mass is 16.5. The fourth-order valence-corrected chi connectivity index (χ4v) is 3.62. The molecule has 1 aromatic carbocycles. The van der Waals surface area contributed by atoms with Crippen LogP contribution in [0.4, 0.5) is 0 Å². The number of hydrogen-bond acceptors (Lipinski definition) is 6. The summed E-state index contributed by atoms with van der Waals surface area (Å²) < 4.78 is 16.1. The van der Waals surface area contributed by atoms with E-state index in [1.807, 2.05) is 24.3 Å². The number of hydrogen-bond donors (Lipinski definition) is 1. The molecule has 0 unspecified atom stereocenters. The van der Waals surface area contributed by atoms with E-state index < -0.39 is 0 Å². The van der Waals surface area contributed by atoms with E-state index in [4.69, 9.17) is 13.6 Å². The molecule has 31 heavy (non-hydrogen) atoms. The Kier molecular flexibility index (Phi) is 6.35. The van der Waals surface area contributed by atoms with E-state index >= 15 is 0 Å². The molecule has 1 saturated heterocycles. The van der Waals surface area contributed by atoms with E-state index in [0.717, 1.165) is 24.2 Å². The maximum atomic E-state index is 12.3. The summed E-state index contributed by atoms with van der Waals surface area (Å²) in [7, 11) is 1.62. The zero-order chi connectivity index (χ0) is 21.6. The van der Waals surface area contributed by atoms with Gasteiger partial charge in [-0.3, -0.25) is 9.59 Å². The first-order chi connectivity index (χ1) is 15.1. The molecule has 1 fully saturated rings. The van der Waals surface area contributed by atoms with Crippen LogP contribution in [0.3, 0.4) is 0 Å². The third-order valence-electron chi connectivity index (χ3n) is 5.37. The summed E-state index contributed by atoms with van der Waals surface area (Å²) in [5, 5.41) is 3.05. The zero-order valence-corrected chi connectivity index (χ0v) is 17.4. The van der Waals surface area contributed by atoms with Gasteiger partial charge < -0.3 is 23.8 Å². The highest BCUT2D eigenvalue weighted by Crippen LogP contribution is 2.23. The molecular weight excluding hydrogens is 398 g/mol. The van der Waals surface area contributed by atoms with Crippen LogP contribution in [0.5, 0.6) is 5.75 Å². The molecule has 0 aliphatic carbocycles. The largest absolute Gasteiger partial charge is 0.497 e. The Morgan fingerprint density at radius 2 is 1.97 bits per heavy atom. The monoisotopic (exact) mass is 423 g/mol. The summed E-state index contributed by atoms with van der Waals surface area (Å²) >= 11 is 0. The molecule has 8 nitrogen and oxygen atoms in total. The van der Waals surface area contributed by atoms with Crippen LogP contribution >= 0.6 is 0 Å². The number of carbonyl (C=O) groups is 2. The van der Waals surface area contributed by atoms with Gasteiger partial charge in [-0.2, -0.15) is 0 Å². The lowest BCUT2D eigenvalue weighted by Crippen LogP contribution is -2.46. The van der Waals surface area contributed by atoms with Gasteiger partial charge >= 0.3 is 0 Å². The molecule has 8 heteroatoms. The summed E-state index contributed by atoms with van der Waals surface area (Å²) in [5.74, 6) is 2.16. The van der Waals surface area contributed by atoms with Crippen molar-refractivity contribution in [2.45, 2.75) is 31.7 Å². The first kappa shape index (κ1) is 20.7. The topological polar surface area (TPSA) is 97.8 Å². The van der Waals surface area contributed by atoms with E-state index in [1.54, 1.807) is 30.3 Å². The number of methoxy groups -OCH3 is 1. The molecule has 0 spiro atoms. The van der Waals surface area contributed by atoms with Crippen LogP contribution in [0, 0.1) is 0 Å². The summed E-state index contributed by atoms with van der Waals surface area (Å²) in [6, 6.07) is 11.0. The lowest BCUT2D eigenvalue weighted by Gasteiger charge is -2.31. The van der Waals surface area contributed by atoms with E-state index in [0.29, 0.717) is 43.3 Å². The summed E-state index contributed by atoms with van der Waals surface area (Å²) in [6.45, 7) is 1.19. The van der Waals surface area contributed by atoms with Gasteiger partial charge in [0.05, 0.1) is 19.6 Å². The van der Waals surface area contributed by atoms with Gasteiger partial charge in [-0.15, -0.1) is 0 Å². The molecule has 162 valence electrons. The van der Waals surface area contributed by atoms with Crippen molar-refractivity contribution in [3.63, 3.8) is 0 Å². The predicted molar refractivity (Wildman–Crippen MR) is 113 cm³/mol. The molecular formula is C23H25N3O5. The molecule has 2 amide bonds. The van der Waals surface area contributed by atoms with Crippen LogP contribution in [0.15, 0.2) is 57.7 Å². The number of amides is 2. The van der Waals surface area contributed by atoms with Crippen molar-refractivity contribution in [2.75, 3.05) is 20.2 Å². The summed E-state index contributed by atoms with van der Waals surface area (Å²) in [5.41, 5.74) is 0.903. The van der Waals surface area contributed by atoms with Gasteiger partial charge in [0, 0.05) is 37.5 Å². The number of likely N-dealkylation sites (tertiary alicyclic amines) is 1. The number of aryl methyl sites for hydroxylation is 1. The first-order valence-electron chi connectivity index (χ1n) is 10.3. The summed E-state index contributed by atoms with van der Waals surface area (Å²) in [4.78, 5) is 30.7. The number of rotatable bonds is 7. The molecule has 0 saturated carbocycles. The Morgan fingerprint density at radius 3 is 2.65 bits per heavy atom. The van der Waals surface area contributed by atoms with Gasteiger partial charge in [0.1, 0.15) is 5.75 Å². The van der Waals surface area contributed by atoms with Crippen LogP contribution in [0.25, 0.3) is 11.3 Å². The number of carbonyl (C=O) groups excluding carboxylic acids is 2. The molecule has 1 N–H and O–H groups in total. The van der Waals surface area contributed by atoms with E-state index in [-0.39, 0.29) is 17.9 Å². The molecule has 0 bridgehead atoms. The van der Waals surface area contributed by atoms with Crippen LogP contribution in [-0.4, -0.2) is 47.9 Å². The Morgan fingerprint density at radius 1 is 1.19 bits per heavy atom. The molecule has 1 aliphatic heterocycles. The summed E-state index contributed by atoms with van der Waals surface area (Å²) in [6.07, 6.45) is 5.33. The average molecular weight is 423 g/mol. The van der Waals surface area contributed by atoms with Crippen LogP contribution in [0.1, 0.15) is 35.7 Å². The number of aromatic nitrogens is 1. The van der Waals surface area contributed by atoms with Crippen molar-refractivity contribution in [2.24, 2.45) is 0 Å². The maximum Gasteiger partial charge on any atom is 0.289 e. The molecule has 3 heterocycles. The van der Waals surface area contributed by atoms with Crippen molar-refractivity contribution >= 4 is 11.8 Å². The normalized spacial score (nSPS) is 14.4.